The largest absolute Gasteiger partial charge is 0.497 e. The fraction of sp³-hybridized carbons (Fsp3) is 0.280. The maximum atomic E-state index is 13.4. The van der Waals surface area contributed by atoms with E-state index in [1.54, 1.807) is 31.5 Å². The number of H-pyrrole nitrogens is 1. The zero-order chi connectivity index (χ0) is 23.0. The van der Waals surface area contributed by atoms with Crippen LogP contribution >= 0.6 is 0 Å². The molecule has 0 radical (unpaired) electrons. The van der Waals surface area contributed by atoms with Gasteiger partial charge in [0.25, 0.3) is 0 Å². The molecule has 0 atom stereocenters. The Bertz CT molecular complexity index is 1280. The van der Waals surface area contributed by atoms with Gasteiger partial charge in [-0.3, -0.25) is 10.1 Å². The van der Waals surface area contributed by atoms with E-state index in [9.17, 15) is 13.2 Å². The number of hydrogen-bond donors (Lipinski definition) is 1. The van der Waals surface area contributed by atoms with Crippen molar-refractivity contribution in [3.63, 3.8) is 0 Å². The Kier molecular flexibility index (Phi) is 6.37. The second-order valence-corrected chi connectivity index (χ2v) is 7.89. The van der Waals surface area contributed by atoms with E-state index in [4.69, 9.17) is 4.74 Å². The number of hydrogen-bond acceptors (Lipinski definition) is 5. The van der Waals surface area contributed by atoms with Crippen LogP contribution in [0, 0.1) is 0 Å². The fourth-order valence-corrected chi connectivity index (χ4v) is 4.31. The molecule has 0 amide bonds. The number of anilines is 2. The Morgan fingerprint density at radius 2 is 1.74 bits per heavy atom. The Morgan fingerprint density at radius 1 is 0.971 bits per heavy atom. The summed E-state index contributed by atoms with van der Waals surface area (Å²) in [5.74, 6) is 0.819. The molecule has 4 aromatic rings. The Labute approximate surface area is 196 Å². The molecule has 0 saturated carbocycles. The first-order valence-corrected chi connectivity index (χ1v) is 10.6. The van der Waals surface area contributed by atoms with Crippen LogP contribution in [0.1, 0.15) is 13.1 Å². The van der Waals surface area contributed by atoms with E-state index in [0.717, 1.165) is 54.2 Å². The Morgan fingerprint density at radius 3 is 2.47 bits per heavy atom. The van der Waals surface area contributed by atoms with Crippen molar-refractivity contribution < 1.29 is 17.9 Å². The van der Waals surface area contributed by atoms with Crippen molar-refractivity contribution in [3.05, 3.63) is 66.6 Å². The molecule has 1 aliphatic rings. The average molecular weight is 470 g/mol. The van der Waals surface area contributed by atoms with Crippen LogP contribution in [0.25, 0.3) is 22.0 Å². The SMILES string of the molecule is C.COc1cccc(N2CCN(c3ccnc4ccc(-c5cn[nH]c5C(F)(F)F)cc34)CC2)c1. The smallest absolute Gasteiger partial charge is 0.433 e. The van der Waals surface area contributed by atoms with Crippen LogP contribution in [0.4, 0.5) is 24.5 Å². The highest BCUT2D eigenvalue weighted by molar-refractivity contribution is 5.95. The maximum Gasteiger partial charge on any atom is 0.433 e. The summed E-state index contributed by atoms with van der Waals surface area (Å²) in [6.45, 7) is 3.19. The number of aromatic amines is 1. The second-order valence-electron chi connectivity index (χ2n) is 7.89. The molecule has 1 N–H and O–H groups in total. The molecule has 0 aliphatic carbocycles. The van der Waals surface area contributed by atoms with Crippen LogP contribution in [0.5, 0.6) is 5.75 Å². The molecule has 1 saturated heterocycles. The molecule has 3 heterocycles. The minimum atomic E-state index is -4.50. The molecule has 6 nitrogen and oxygen atoms in total. The summed E-state index contributed by atoms with van der Waals surface area (Å²) in [6.07, 6.45) is -1.55. The predicted molar refractivity (Wildman–Crippen MR) is 128 cm³/mol. The minimum absolute atomic E-state index is 0. The normalized spacial score (nSPS) is 14.2. The van der Waals surface area contributed by atoms with Crippen molar-refractivity contribution in [1.29, 1.82) is 0 Å². The second kappa shape index (κ2) is 9.24. The van der Waals surface area contributed by atoms with Gasteiger partial charge in [-0.2, -0.15) is 18.3 Å². The number of benzene rings is 2. The first kappa shape index (κ1) is 23.4. The van der Waals surface area contributed by atoms with Crippen molar-refractivity contribution in [3.8, 4) is 16.9 Å². The lowest BCUT2D eigenvalue weighted by molar-refractivity contribution is -0.140. The van der Waals surface area contributed by atoms with E-state index in [-0.39, 0.29) is 13.0 Å². The van der Waals surface area contributed by atoms with Gasteiger partial charge in [0.05, 0.1) is 18.8 Å². The highest BCUT2D eigenvalue weighted by Gasteiger charge is 2.36. The van der Waals surface area contributed by atoms with Crippen molar-refractivity contribution in [2.24, 2.45) is 0 Å². The number of nitrogens with one attached hydrogen (secondary N) is 1. The number of aromatic nitrogens is 3. The standard InChI is InChI=1S/C24H22F3N5O.CH4/c1-33-18-4-2-3-17(14-18)31-9-11-32(12-10-31)22-7-8-28-21-6-5-16(13-19(21)22)20-15-29-30-23(20)24(25,26)27;/h2-8,13-15H,9-12H2,1H3,(H,29,30);1H4. The van der Waals surface area contributed by atoms with Gasteiger partial charge in [-0.1, -0.05) is 19.6 Å². The van der Waals surface area contributed by atoms with Gasteiger partial charge >= 0.3 is 6.18 Å². The van der Waals surface area contributed by atoms with E-state index in [0.29, 0.717) is 5.56 Å². The summed E-state index contributed by atoms with van der Waals surface area (Å²) in [4.78, 5) is 8.97. The molecular weight excluding hydrogens is 443 g/mol. The molecule has 0 spiro atoms. The molecule has 1 fully saturated rings. The van der Waals surface area contributed by atoms with E-state index < -0.39 is 11.9 Å². The molecule has 34 heavy (non-hydrogen) atoms. The monoisotopic (exact) mass is 469 g/mol. The molecule has 0 unspecified atom stereocenters. The molecule has 0 bridgehead atoms. The first-order chi connectivity index (χ1) is 15.9. The summed E-state index contributed by atoms with van der Waals surface area (Å²) in [5, 5.41) is 6.52. The number of piperazine rings is 1. The minimum Gasteiger partial charge on any atom is -0.497 e. The third-order valence-electron chi connectivity index (χ3n) is 5.99. The number of methoxy groups -OCH3 is 1. The lowest BCUT2D eigenvalue weighted by atomic mass is 10.0. The molecule has 2 aromatic carbocycles. The van der Waals surface area contributed by atoms with Gasteiger partial charge in [0.15, 0.2) is 0 Å². The first-order valence-electron chi connectivity index (χ1n) is 10.6. The topological polar surface area (TPSA) is 57.3 Å². The maximum absolute atomic E-state index is 13.4. The van der Waals surface area contributed by atoms with E-state index >= 15 is 0 Å². The summed E-state index contributed by atoms with van der Waals surface area (Å²) in [7, 11) is 1.65. The third kappa shape index (κ3) is 4.37. The number of fused-ring (bicyclic) bond motifs is 1. The van der Waals surface area contributed by atoms with Crippen LogP contribution in [-0.4, -0.2) is 48.5 Å². The van der Waals surface area contributed by atoms with E-state index in [1.807, 2.05) is 24.3 Å². The van der Waals surface area contributed by atoms with Gasteiger partial charge in [0.2, 0.25) is 0 Å². The zero-order valence-electron chi connectivity index (χ0n) is 17.9. The van der Waals surface area contributed by atoms with Crippen LogP contribution in [-0.2, 0) is 6.18 Å². The van der Waals surface area contributed by atoms with Gasteiger partial charge in [0, 0.05) is 60.8 Å². The van der Waals surface area contributed by atoms with Gasteiger partial charge in [-0.25, -0.2) is 0 Å². The van der Waals surface area contributed by atoms with Crippen molar-refractivity contribution in [2.75, 3.05) is 43.1 Å². The van der Waals surface area contributed by atoms with Crippen molar-refractivity contribution in [2.45, 2.75) is 13.6 Å². The van der Waals surface area contributed by atoms with Crippen LogP contribution in [0.2, 0.25) is 0 Å². The van der Waals surface area contributed by atoms with Crippen LogP contribution in [0.15, 0.2) is 60.9 Å². The van der Waals surface area contributed by atoms with E-state index in [1.165, 1.54) is 6.20 Å². The highest BCUT2D eigenvalue weighted by Crippen LogP contribution is 2.37. The number of ether oxygens (including phenoxy) is 1. The number of halogens is 3. The van der Waals surface area contributed by atoms with Crippen molar-refractivity contribution in [1.82, 2.24) is 15.2 Å². The lowest BCUT2D eigenvalue weighted by Crippen LogP contribution is -2.46. The summed E-state index contributed by atoms with van der Waals surface area (Å²) >= 11 is 0. The third-order valence-corrected chi connectivity index (χ3v) is 5.99. The highest BCUT2D eigenvalue weighted by atomic mass is 19.4. The molecule has 1 aliphatic heterocycles. The number of pyridine rings is 1. The van der Waals surface area contributed by atoms with Gasteiger partial charge in [-0.05, 0) is 35.9 Å². The molecule has 178 valence electrons. The summed E-state index contributed by atoms with van der Waals surface area (Å²) in [5.41, 5.74) is 2.44. The summed E-state index contributed by atoms with van der Waals surface area (Å²) < 4.78 is 45.4. The molecular formula is C25H26F3N5O. The van der Waals surface area contributed by atoms with Crippen molar-refractivity contribution >= 4 is 22.3 Å². The van der Waals surface area contributed by atoms with Gasteiger partial charge in [0.1, 0.15) is 11.4 Å². The quantitative estimate of drug-likeness (QED) is 0.421. The lowest BCUT2D eigenvalue weighted by Gasteiger charge is -2.37. The average Bonchev–Trinajstić information content (AvgIpc) is 3.34. The Hall–Kier alpha value is -3.75. The number of rotatable bonds is 4. The molecule has 9 heteroatoms. The van der Waals surface area contributed by atoms with Crippen LogP contribution in [0.3, 0.4) is 0 Å². The number of nitrogens with zero attached hydrogens (tertiary/aromatic N) is 4. The zero-order valence-corrected chi connectivity index (χ0v) is 17.9. The predicted octanol–water partition coefficient (Wildman–Crippen LogP) is 5.62. The van der Waals surface area contributed by atoms with E-state index in [2.05, 4.69) is 31.0 Å². The fourth-order valence-electron chi connectivity index (χ4n) is 4.31. The molecule has 5 rings (SSSR count). The molecule has 2 aromatic heterocycles. The Balaban J connectivity index is 0.00000274. The number of alkyl halides is 3. The van der Waals surface area contributed by atoms with Crippen LogP contribution < -0.4 is 14.5 Å². The van der Waals surface area contributed by atoms with Gasteiger partial charge in [-0.15, -0.1) is 0 Å². The summed E-state index contributed by atoms with van der Waals surface area (Å²) in [6, 6.07) is 15.1. The van der Waals surface area contributed by atoms with Gasteiger partial charge < -0.3 is 14.5 Å².